The van der Waals surface area contributed by atoms with Crippen LogP contribution in [0.1, 0.15) is 79.1 Å². The third-order valence-electron chi connectivity index (χ3n) is 4.16. The molecule has 90 valence electrons. The lowest BCUT2D eigenvalue weighted by Crippen LogP contribution is -2.21. The molecule has 15 heavy (non-hydrogen) atoms. The SMILES string of the molecule is CCC(C)CC(C)(C)CC1CCCCC1. The van der Waals surface area contributed by atoms with Crippen molar-refractivity contribution in [3.63, 3.8) is 0 Å². The van der Waals surface area contributed by atoms with Crippen molar-refractivity contribution in [3.05, 3.63) is 0 Å². The van der Waals surface area contributed by atoms with Gasteiger partial charge in [0.25, 0.3) is 0 Å². The van der Waals surface area contributed by atoms with Crippen LogP contribution in [-0.4, -0.2) is 0 Å². The highest BCUT2D eigenvalue weighted by molar-refractivity contribution is 4.77. The monoisotopic (exact) mass is 210 g/mol. The summed E-state index contributed by atoms with van der Waals surface area (Å²) in [6.45, 7) is 9.69. The minimum atomic E-state index is 0.581. The predicted octanol–water partition coefficient (Wildman–Crippen LogP) is 5.42. The Kier molecular flexibility index (Phi) is 5.15. The molecule has 0 heterocycles. The average Bonchev–Trinajstić information content (AvgIpc) is 2.17. The molecule has 0 spiro atoms. The van der Waals surface area contributed by atoms with Crippen LogP contribution in [0, 0.1) is 17.3 Å². The lowest BCUT2D eigenvalue weighted by Gasteiger charge is -2.33. The summed E-state index contributed by atoms with van der Waals surface area (Å²) in [6.07, 6.45) is 11.7. The van der Waals surface area contributed by atoms with Crippen LogP contribution in [0.25, 0.3) is 0 Å². The maximum atomic E-state index is 2.48. The zero-order chi connectivity index (χ0) is 11.3. The molecular weight excluding hydrogens is 180 g/mol. The third kappa shape index (κ3) is 5.04. The number of rotatable bonds is 5. The second kappa shape index (κ2) is 5.92. The van der Waals surface area contributed by atoms with Gasteiger partial charge in [-0.3, -0.25) is 0 Å². The Morgan fingerprint density at radius 3 is 2.27 bits per heavy atom. The fraction of sp³-hybridized carbons (Fsp3) is 1.00. The van der Waals surface area contributed by atoms with Crippen LogP contribution in [0.15, 0.2) is 0 Å². The third-order valence-corrected chi connectivity index (χ3v) is 4.16. The molecule has 1 fully saturated rings. The summed E-state index contributed by atoms with van der Waals surface area (Å²) >= 11 is 0. The van der Waals surface area contributed by atoms with E-state index in [0.29, 0.717) is 5.41 Å². The first-order valence-corrected chi connectivity index (χ1v) is 7.03. The van der Waals surface area contributed by atoms with Crippen LogP contribution in [0.4, 0.5) is 0 Å². The van der Waals surface area contributed by atoms with E-state index in [1.54, 1.807) is 0 Å². The van der Waals surface area contributed by atoms with Gasteiger partial charge in [-0.05, 0) is 30.1 Å². The van der Waals surface area contributed by atoms with Crippen LogP contribution in [-0.2, 0) is 0 Å². The summed E-state index contributed by atoms with van der Waals surface area (Å²) < 4.78 is 0. The van der Waals surface area contributed by atoms with Crippen molar-refractivity contribution >= 4 is 0 Å². The Labute approximate surface area is 96.8 Å². The van der Waals surface area contributed by atoms with Crippen LogP contribution in [0.5, 0.6) is 0 Å². The Bertz CT molecular complexity index is 163. The molecule has 0 amide bonds. The summed E-state index contributed by atoms with van der Waals surface area (Å²) in [7, 11) is 0. The average molecular weight is 210 g/mol. The second-order valence-corrected chi connectivity index (χ2v) is 6.59. The Morgan fingerprint density at radius 1 is 1.13 bits per heavy atom. The van der Waals surface area contributed by atoms with E-state index in [1.165, 1.54) is 51.4 Å². The quantitative estimate of drug-likeness (QED) is 0.568. The zero-order valence-electron chi connectivity index (χ0n) is 11.3. The van der Waals surface area contributed by atoms with Gasteiger partial charge >= 0.3 is 0 Å². The molecule has 0 aromatic carbocycles. The van der Waals surface area contributed by atoms with Gasteiger partial charge in [-0.25, -0.2) is 0 Å². The highest BCUT2D eigenvalue weighted by Gasteiger charge is 2.25. The van der Waals surface area contributed by atoms with Crippen molar-refractivity contribution in [3.8, 4) is 0 Å². The van der Waals surface area contributed by atoms with Crippen molar-refractivity contribution in [2.75, 3.05) is 0 Å². The molecule has 0 aliphatic heterocycles. The number of hydrogen-bond acceptors (Lipinski definition) is 0. The summed E-state index contributed by atoms with van der Waals surface area (Å²) in [4.78, 5) is 0. The van der Waals surface area contributed by atoms with Crippen LogP contribution in [0.3, 0.4) is 0 Å². The van der Waals surface area contributed by atoms with Gasteiger partial charge < -0.3 is 0 Å². The van der Waals surface area contributed by atoms with E-state index in [4.69, 9.17) is 0 Å². The molecule has 0 aromatic rings. The van der Waals surface area contributed by atoms with E-state index in [0.717, 1.165) is 11.8 Å². The molecule has 1 aliphatic carbocycles. The van der Waals surface area contributed by atoms with Gasteiger partial charge in [0.1, 0.15) is 0 Å². The van der Waals surface area contributed by atoms with Gasteiger partial charge in [-0.1, -0.05) is 66.2 Å². The van der Waals surface area contributed by atoms with Gasteiger partial charge in [0.15, 0.2) is 0 Å². The molecule has 0 bridgehead atoms. The molecule has 1 unspecified atom stereocenters. The van der Waals surface area contributed by atoms with E-state index in [-0.39, 0.29) is 0 Å². The Morgan fingerprint density at radius 2 is 1.73 bits per heavy atom. The van der Waals surface area contributed by atoms with Gasteiger partial charge in [0.2, 0.25) is 0 Å². The summed E-state index contributed by atoms with van der Waals surface area (Å²) in [6, 6.07) is 0. The highest BCUT2D eigenvalue weighted by atomic mass is 14.3. The first-order valence-electron chi connectivity index (χ1n) is 7.03. The highest BCUT2D eigenvalue weighted by Crippen LogP contribution is 2.38. The van der Waals surface area contributed by atoms with E-state index in [9.17, 15) is 0 Å². The lowest BCUT2D eigenvalue weighted by atomic mass is 9.72. The largest absolute Gasteiger partial charge is 0.0651 e. The Balaban J connectivity index is 2.33. The van der Waals surface area contributed by atoms with Crippen LogP contribution < -0.4 is 0 Å². The first kappa shape index (κ1) is 13.1. The topological polar surface area (TPSA) is 0 Å². The first-order chi connectivity index (χ1) is 7.03. The fourth-order valence-corrected chi connectivity index (χ4v) is 3.34. The van der Waals surface area contributed by atoms with E-state index in [1.807, 2.05) is 0 Å². The molecule has 0 radical (unpaired) electrons. The Hall–Kier alpha value is 0. The van der Waals surface area contributed by atoms with Crippen molar-refractivity contribution in [1.82, 2.24) is 0 Å². The van der Waals surface area contributed by atoms with Crippen LogP contribution in [0.2, 0.25) is 0 Å². The number of hydrogen-bond donors (Lipinski definition) is 0. The van der Waals surface area contributed by atoms with Crippen molar-refractivity contribution < 1.29 is 0 Å². The predicted molar refractivity (Wildman–Crippen MR) is 69.0 cm³/mol. The van der Waals surface area contributed by atoms with Crippen molar-refractivity contribution in [1.29, 1.82) is 0 Å². The lowest BCUT2D eigenvalue weighted by molar-refractivity contribution is 0.184. The molecule has 1 saturated carbocycles. The molecule has 0 N–H and O–H groups in total. The van der Waals surface area contributed by atoms with Gasteiger partial charge in [0.05, 0.1) is 0 Å². The smallest absolute Gasteiger partial charge is 0.0349 e. The molecule has 0 aromatic heterocycles. The summed E-state index contributed by atoms with van der Waals surface area (Å²) in [5.74, 6) is 1.95. The normalized spacial score (nSPS) is 21.6. The minimum Gasteiger partial charge on any atom is -0.0651 e. The van der Waals surface area contributed by atoms with E-state index < -0.39 is 0 Å². The van der Waals surface area contributed by atoms with Crippen molar-refractivity contribution in [2.45, 2.75) is 79.1 Å². The van der Waals surface area contributed by atoms with Crippen molar-refractivity contribution in [2.24, 2.45) is 17.3 Å². The summed E-state index contributed by atoms with van der Waals surface area (Å²) in [5.41, 5.74) is 0.581. The standard InChI is InChI=1S/C15H30/c1-5-13(2)11-15(3,4)12-14-9-7-6-8-10-14/h13-14H,5-12H2,1-4H3. The molecule has 0 heteroatoms. The second-order valence-electron chi connectivity index (χ2n) is 6.59. The molecule has 1 aliphatic rings. The maximum absolute atomic E-state index is 2.48. The maximum Gasteiger partial charge on any atom is -0.0349 e. The fourth-order valence-electron chi connectivity index (χ4n) is 3.34. The van der Waals surface area contributed by atoms with Gasteiger partial charge in [-0.2, -0.15) is 0 Å². The zero-order valence-corrected chi connectivity index (χ0v) is 11.3. The van der Waals surface area contributed by atoms with E-state index in [2.05, 4.69) is 27.7 Å². The van der Waals surface area contributed by atoms with Gasteiger partial charge in [-0.15, -0.1) is 0 Å². The van der Waals surface area contributed by atoms with Gasteiger partial charge in [0, 0.05) is 0 Å². The molecule has 1 rings (SSSR count). The molecule has 1 atom stereocenters. The molecule has 0 nitrogen and oxygen atoms in total. The molecular formula is C15H30. The van der Waals surface area contributed by atoms with E-state index >= 15 is 0 Å². The summed E-state index contributed by atoms with van der Waals surface area (Å²) in [5, 5.41) is 0. The minimum absolute atomic E-state index is 0.581. The molecule has 0 saturated heterocycles. The van der Waals surface area contributed by atoms with Crippen LogP contribution >= 0.6 is 0 Å².